The van der Waals surface area contributed by atoms with Gasteiger partial charge in [-0.25, -0.2) is 0 Å². The number of carbonyl (C=O) groups excluding carboxylic acids is 1. The van der Waals surface area contributed by atoms with Crippen LogP contribution in [0.15, 0.2) is 16.3 Å². The number of rotatable bonds is 6. The SMILES string of the molecule is Cl.NC(CNC(=O)c1sccc1SC(F)F)C1CC1. The molecule has 0 radical (unpaired) electrons. The predicted octanol–water partition coefficient (Wildman–Crippen LogP) is 2.95. The first-order chi connectivity index (χ1) is 8.58. The zero-order chi connectivity index (χ0) is 13.1. The highest BCUT2D eigenvalue weighted by atomic mass is 35.5. The molecule has 1 heterocycles. The lowest BCUT2D eigenvalue weighted by molar-refractivity contribution is 0.0951. The molecule has 0 saturated heterocycles. The Kier molecular flexibility index (Phi) is 6.52. The molecular weight excluding hydrogens is 314 g/mol. The molecule has 0 bridgehead atoms. The quantitative estimate of drug-likeness (QED) is 0.789. The average Bonchev–Trinajstić information content (AvgIpc) is 3.06. The molecule has 3 nitrogen and oxygen atoms in total. The third kappa shape index (κ3) is 4.91. The number of nitrogens with two attached hydrogens (primary N) is 1. The summed E-state index contributed by atoms with van der Waals surface area (Å²) in [5.41, 5.74) is 5.86. The second-order valence-electron chi connectivity index (χ2n) is 4.20. The minimum atomic E-state index is -2.51. The Hall–Kier alpha value is -0.370. The first-order valence-electron chi connectivity index (χ1n) is 5.64. The summed E-state index contributed by atoms with van der Waals surface area (Å²) < 4.78 is 24.6. The molecule has 1 aliphatic rings. The lowest BCUT2D eigenvalue weighted by Crippen LogP contribution is -2.38. The number of hydrogen-bond donors (Lipinski definition) is 2. The van der Waals surface area contributed by atoms with Crippen LogP contribution in [0.25, 0.3) is 0 Å². The lowest BCUT2D eigenvalue weighted by Gasteiger charge is -2.11. The van der Waals surface area contributed by atoms with E-state index in [2.05, 4.69) is 5.32 Å². The van der Waals surface area contributed by atoms with Crippen molar-refractivity contribution in [2.45, 2.75) is 29.5 Å². The van der Waals surface area contributed by atoms with Crippen molar-refractivity contribution in [3.8, 4) is 0 Å². The van der Waals surface area contributed by atoms with Gasteiger partial charge in [-0.3, -0.25) is 4.79 Å². The van der Waals surface area contributed by atoms with Gasteiger partial charge in [-0.15, -0.1) is 23.7 Å². The Labute approximate surface area is 124 Å². The summed E-state index contributed by atoms with van der Waals surface area (Å²) in [5, 5.41) is 4.35. The van der Waals surface area contributed by atoms with Crippen LogP contribution in [0.5, 0.6) is 0 Å². The Bertz CT molecular complexity index is 427. The van der Waals surface area contributed by atoms with Gasteiger partial charge in [0.1, 0.15) is 4.88 Å². The zero-order valence-corrected chi connectivity index (χ0v) is 12.4. The van der Waals surface area contributed by atoms with Gasteiger partial charge in [-0.05, 0) is 30.2 Å². The van der Waals surface area contributed by atoms with Crippen molar-refractivity contribution in [1.29, 1.82) is 0 Å². The van der Waals surface area contributed by atoms with Gasteiger partial charge >= 0.3 is 0 Å². The number of nitrogens with one attached hydrogen (secondary N) is 1. The predicted molar refractivity (Wildman–Crippen MR) is 76.5 cm³/mol. The maximum absolute atomic E-state index is 12.3. The second kappa shape index (κ2) is 7.42. The average molecular weight is 329 g/mol. The molecular formula is C11H15ClF2N2OS2. The molecule has 1 atom stereocenters. The molecule has 0 spiro atoms. The van der Waals surface area contributed by atoms with Gasteiger partial charge < -0.3 is 11.1 Å². The summed E-state index contributed by atoms with van der Waals surface area (Å²) >= 11 is 1.57. The van der Waals surface area contributed by atoms with Crippen LogP contribution < -0.4 is 11.1 Å². The van der Waals surface area contributed by atoms with Gasteiger partial charge in [-0.1, -0.05) is 11.8 Å². The van der Waals surface area contributed by atoms with Gasteiger partial charge in [-0.2, -0.15) is 8.78 Å². The van der Waals surface area contributed by atoms with Crippen LogP contribution in [0.3, 0.4) is 0 Å². The number of thioether (sulfide) groups is 1. The molecule has 1 aromatic heterocycles. The molecule has 1 saturated carbocycles. The molecule has 2 rings (SSSR count). The van der Waals surface area contributed by atoms with E-state index in [4.69, 9.17) is 5.73 Å². The molecule has 8 heteroatoms. The lowest BCUT2D eigenvalue weighted by atomic mass is 10.2. The third-order valence-electron chi connectivity index (χ3n) is 2.78. The minimum Gasteiger partial charge on any atom is -0.350 e. The molecule has 1 amide bonds. The second-order valence-corrected chi connectivity index (χ2v) is 6.15. The summed E-state index contributed by atoms with van der Waals surface area (Å²) in [6.07, 6.45) is 2.23. The van der Waals surface area contributed by atoms with Gasteiger partial charge in [0.05, 0.1) is 0 Å². The van der Waals surface area contributed by atoms with Crippen LogP contribution >= 0.6 is 35.5 Å². The minimum absolute atomic E-state index is 0. The standard InChI is InChI=1S/C11H14F2N2OS2.ClH/c12-11(13)18-8-3-4-17-9(8)10(16)15-5-7(14)6-1-2-6;/h3-4,6-7,11H,1-2,5,14H2,(H,15,16);1H. The van der Waals surface area contributed by atoms with Gasteiger partial charge in [0, 0.05) is 17.5 Å². The van der Waals surface area contributed by atoms with E-state index >= 15 is 0 Å². The number of halogens is 3. The topological polar surface area (TPSA) is 55.1 Å². The van der Waals surface area contributed by atoms with Crippen molar-refractivity contribution in [2.75, 3.05) is 6.54 Å². The smallest absolute Gasteiger partial charge is 0.288 e. The zero-order valence-electron chi connectivity index (χ0n) is 9.97. The van der Waals surface area contributed by atoms with Crippen LogP contribution in [0.1, 0.15) is 22.5 Å². The molecule has 108 valence electrons. The molecule has 1 fully saturated rings. The third-order valence-corrected chi connectivity index (χ3v) is 4.59. The number of carbonyl (C=O) groups is 1. The van der Waals surface area contributed by atoms with E-state index in [1.807, 2.05) is 0 Å². The van der Waals surface area contributed by atoms with Crippen LogP contribution in [0.2, 0.25) is 0 Å². The molecule has 1 aliphatic carbocycles. The summed E-state index contributed by atoms with van der Waals surface area (Å²) in [6.45, 7) is 0.403. The molecule has 0 aromatic carbocycles. The Morgan fingerprint density at radius 3 is 2.84 bits per heavy atom. The summed E-state index contributed by atoms with van der Waals surface area (Å²) in [5.74, 6) is -2.33. The molecule has 1 unspecified atom stereocenters. The normalized spacial score (nSPS) is 16.0. The number of hydrogen-bond acceptors (Lipinski definition) is 4. The highest BCUT2D eigenvalue weighted by molar-refractivity contribution is 7.99. The molecule has 3 N–H and O–H groups in total. The van der Waals surface area contributed by atoms with Crippen LogP contribution in [-0.4, -0.2) is 24.3 Å². The van der Waals surface area contributed by atoms with Crippen molar-refractivity contribution >= 4 is 41.4 Å². The van der Waals surface area contributed by atoms with Crippen molar-refractivity contribution in [2.24, 2.45) is 11.7 Å². The maximum atomic E-state index is 12.3. The summed E-state index contributed by atoms with van der Waals surface area (Å²) in [6, 6.07) is 1.51. The van der Waals surface area contributed by atoms with Gasteiger partial charge in [0.25, 0.3) is 11.7 Å². The largest absolute Gasteiger partial charge is 0.350 e. The summed E-state index contributed by atoms with van der Waals surface area (Å²) in [4.78, 5) is 12.5. The Morgan fingerprint density at radius 2 is 2.26 bits per heavy atom. The van der Waals surface area contributed by atoms with Crippen molar-refractivity contribution < 1.29 is 13.6 Å². The van der Waals surface area contributed by atoms with Crippen LogP contribution in [0, 0.1) is 5.92 Å². The molecule has 1 aromatic rings. The number of alkyl halides is 2. The van der Waals surface area contributed by atoms with Crippen molar-refractivity contribution in [3.63, 3.8) is 0 Å². The highest BCUT2D eigenvalue weighted by Crippen LogP contribution is 2.33. The Morgan fingerprint density at radius 1 is 1.58 bits per heavy atom. The first-order valence-corrected chi connectivity index (χ1v) is 7.40. The fourth-order valence-electron chi connectivity index (χ4n) is 1.63. The summed E-state index contributed by atoms with van der Waals surface area (Å²) in [7, 11) is 0. The van der Waals surface area contributed by atoms with E-state index < -0.39 is 5.76 Å². The fraction of sp³-hybridized carbons (Fsp3) is 0.545. The number of thiophene rings is 1. The fourth-order valence-corrected chi connectivity index (χ4v) is 3.25. The van der Waals surface area contributed by atoms with Crippen LogP contribution in [0.4, 0.5) is 8.78 Å². The van der Waals surface area contributed by atoms with E-state index in [9.17, 15) is 13.6 Å². The monoisotopic (exact) mass is 328 g/mol. The number of amides is 1. The van der Waals surface area contributed by atoms with E-state index in [-0.39, 0.29) is 24.4 Å². The van der Waals surface area contributed by atoms with E-state index in [0.29, 0.717) is 34.0 Å². The molecule has 19 heavy (non-hydrogen) atoms. The van der Waals surface area contributed by atoms with Gasteiger partial charge in [0.15, 0.2) is 0 Å². The van der Waals surface area contributed by atoms with E-state index in [1.54, 1.807) is 5.38 Å². The van der Waals surface area contributed by atoms with E-state index in [1.165, 1.54) is 17.4 Å². The van der Waals surface area contributed by atoms with Crippen LogP contribution in [-0.2, 0) is 0 Å². The Balaban J connectivity index is 0.00000180. The van der Waals surface area contributed by atoms with Gasteiger partial charge in [0.2, 0.25) is 0 Å². The highest BCUT2D eigenvalue weighted by Gasteiger charge is 2.28. The first kappa shape index (κ1) is 16.7. The van der Waals surface area contributed by atoms with Crippen molar-refractivity contribution in [3.05, 3.63) is 16.3 Å². The maximum Gasteiger partial charge on any atom is 0.288 e. The molecule has 0 aliphatic heterocycles. The van der Waals surface area contributed by atoms with Crippen molar-refractivity contribution in [1.82, 2.24) is 5.32 Å². The van der Waals surface area contributed by atoms with E-state index in [0.717, 1.165) is 12.8 Å².